The standard InChI is InChI=1S/C23H25N3O4/c1-5-30-19-8-6-18(7-9-19)26-11-10-25(22(28)23(26)29)14-20(27)24-21-16(3)12-15(2)13-17(21)4/h6-13H,5,14H2,1-4H3,(H,24,27). The molecule has 7 heteroatoms. The van der Waals surface area contributed by atoms with E-state index in [0.29, 0.717) is 18.0 Å². The van der Waals surface area contributed by atoms with E-state index in [0.717, 1.165) is 26.9 Å². The molecule has 0 spiro atoms. The molecule has 0 radical (unpaired) electrons. The normalized spacial score (nSPS) is 10.7. The number of hydrogen-bond donors (Lipinski definition) is 1. The summed E-state index contributed by atoms with van der Waals surface area (Å²) >= 11 is 0. The van der Waals surface area contributed by atoms with E-state index in [1.807, 2.05) is 39.8 Å². The van der Waals surface area contributed by atoms with Gasteiger partial charge in [-0.25, -0.2) is 0 Å². The Labute approximate surface area is 174 Å². The summed E-state index contributed by atoms with van der Waals surface area (Å²) in [7, 11) is 0. The van der Waals surface area contributed by atoms with Crippen molar-refractivity contribution >= 4 is 11.6 Å². The number of amides is 1. The third-order valence-electron chi connectivity index (χ3n) is 4.74. The van der Waals surface area contributed by atoms with Gasteiger partial charge in [-0.2, -0.15) is 0 Å². The smallest absolute Gasteiger partial charge is 0.320 e. The summed E-state index contributed by atoms with van der Waals surface area (Å²) in [6.45, 7) is 8.00. The Morgan fingerprint density at radius 3 is 2.20 bits per heavy atom. The highest BCUT2D eigenvalue weighted by Gasteiger charge is 2.12. The van der Waals surface area contributed by atoms with Crippen LogP contribution < -0.4 is 21.2 Å². The number of aromatic nitrogens is 2. The maximum Gasteiger partial charge on any atom is 0.320 e. The molecule has 1 N–H and O–H groups in total. The fraction of sp³-hybridized carbons (Fsp3) is 0.261. The van der Waals surface area contributed by atoms with Gasteiger partial charge >= 0.3 is 11.1 Å². The number of nitrogens with one attached hydrogen (secondary N) is 1. The van der Waals surface area contributed by atoms with E-state index >= 15 is 0 Å². The second-order valence-corrected chi connectivity index (χ2v) is 7.16. The third-order valence-corrected chi connectivity index (χ3v) is 4.74. The minimum absolute atomic E-state index is 0.245. The van der Waals surface area contributed by atoms with Crippen LogP contribution >= 0.6 is 0 Å². The Kier molecular flexibility index (Phi) is 6.20. The van der Waals surface area contributed by atoms with E-state index in [1.165, 1.54) is 17.0 Å². The SMILES string of the molecule is CCOc1ccc(-n2ccn(CC(=O)Nc3c(C)cc(C)cc3C)c(=O)c2=O)cc1. The van der Waals surface area contributed by atoms with Crippen LogP contribution in [0.3, 0.4) is 0 Å². The quantitative estimate of drug-likeness (QED) is 0.637. The predicted molar refractivity (Wildman–Crippen MR) is 117 cm³/mol. The molecule has 0 atom stereocenters. The van der Waals surface area contributed by atoms with Crippen molar-refractivity contribution in [2.24, 2.45) is 0 Å². The maximum absolute atomic E-state index is 12.6. The van der Waals surface area contributed by atoms with E-state index < -0.39 is 11.1 Å². The molecule has 7 nitrogen and oxygen atoms in total. The summed E-state index contributed by atoms with van der Waals surface area (Å²) in [5.41, 5.74) is 2.77. The van der Waals surface area contributed by atoms with Gasteiger partial charge in [0.25, 0.3) is 0 Å². The molecule has 0 aliphatic carbocycles. The highest BCUT2D eigenvalue weighted by Crippen LogP contribution is 2.21. The van der Waals surface area contributed by atoms with Crippen molar-refractivity contribution in [3.05, 3.63) is 86.2 Å². The number of nitrogens with zero attached hydrogens (tertiary/aromatic N) is 2. The van der Waals surface area contributed by atoms with Crippen molar-refractivity contribution in [1.29, 1.82) is 0 Å². The molecule has 0 saturated heterocycles. The monoisotopic (exact) mass is 407 g/mol. The van der Waals surface area contributed by atoms with E-state index in [-0.39, 0.29) is 12.5 Å². The van der Waals surface area contributed by atoms with Gasteiger partial charge in [-0.15, -0.1) is 0 Å². The summed E-state index contributed by atoms with van der Waals surface area (Å²) in [6, 6.07) is 10.8. The zero-order valence-corrected chi connectivity index (χ0v) is 17.6. The second kappa shape index (κ2) is 8.82. The Morgan fingerprint density at radius 1 is 0.967 bits per heavy atom. The first kappa shape index (κ1) is 21.1. The van der Waals surface area contributed by atoms with Crippen LogP contribution in [0.4, 0.5) is 5.69 Å². The average molecular weight is 407 g/mol. The molecule has 3 aromatic rings. The number of hydrogen-bond acceptors (Lipinski definition) is 4. The number of anilines is 1. The van der Waals surface area contributed by atoms with Crippen molar-refractivity contribution in [1.82, 2.24) is 9.13 Å². The Balaban J connectivity index is 1.81. The van der Waals surface area contributed by atoms with Gasteiger partial charge in [0.15, 0.2) is 0 Å². The number of carbonyl (C=O) groups is 1. The van der Waals surface area contributed by atoms with Gasteiger partial charge in [0.1, 0.15) is 12.3 Å². The zero-order valence-electron chi connectivity index (χ0n) is 17.6. The second-order valence-electron chi connectivity index (χ2n) is 7.16. The molecule has 1 heterocycles. The van der Waals surface area contributed by atoms with Gasteiger partial charge in [0.2, 0.25) is 5.91 Å². The topological polar surface area (TPSA) is 82.3 Å². The molecular formula is C23H25N3O4. The van der Waals surface area contributed by atoms with Gasteiger partial charge in [-0.05, 0) is 63.1 Å². The molecule has 0 bridgehead atoms. The number of benzene rings is 2. The van der Waals surface area contributed by atoms with Crippen LogP contribution in [0.25, 0.3) is 5.69 Å². The van der Waals surface area contributed by atoms with Crippen molar-refractivity contribution < 1.29 is 9.53 Å². The van der Waals surface area contributed by atoms with Crippen molar-refractivity contribution in [3.8, 4) is 11.4 Å². The lowest BCUT2D eigenvalue weighted by molar-refractivity contribution is -0.116. The highest BCUT2D eigenvalue weighted by atomic mass is 16.5. The minimum Gasteiger partial charge on any atom is -0.494 e. The van der Waals surface area contributed by atoms with Crippen LogP contribution in [-0.2, 0) is 11.3 Å². The minimum atomic E-state index is -0.765. The van der Waals surface area contributed by atoms with E-state index in [2.05, 4.69) is 5.32 Å². The fourth-order valence-electron chi connectivity index (χ4n) is 3.42. The average Bonchev–Trinajstić information content (AvgIpc) is 2.69. The van der Waals surface area contributed by atoms with Gasteiger partial charge in [0, 0.05) is 23.8 Å². The molecule has 30 heavy (non-hydrogen) atoms. The molecule has 0 unspecified atom stereocenters. The molecule has 156 valence electrons. The lowest BCUT2D eigenvalue weighted by atomic mass is 10.1. The maximum atomic E-state index is 12.6. The van der Waals surface area contributed by atoms with Crippen LogP contribution in [0.15, 0.2) is 58.4 Å². The van der Waals surface area contributed by atoms with Gasteiger partial charge in [-0.3, -0.25) is 23.5 Å². The van der Waals surface area contributed by atoms with Crippen LogP contribution in [0.2, 0.25) is 0 Å². The summed E-state index contributed by atoms with van der Waals surface area (Å²) in [5.74, 6) is 0.311. The third kappa shape index (κ3) is 4.51. The molecular weight excluding hydrogens is 382 g/mol. The molecule has 1 aromatic heterocycles. The Hall–Kier alpha value is -3.61. The van der Waals surface area contributed by atoms with Gasteiger partial charge in [0.05, 0.1) is 6.61 Å². The van der Waals surface area contributed by atoms with E-state index in [1.54, 1.807) is 24.3 Å². The highest BCUT2D eigenvalue weighted by molar-refractivity contribution is 5.92. The van der Waals surface area contributed by atoms with Crippen molar-refractivity contribution in [2.45, 2.75) is 34.2 Å². The van der Waals surface area contributed by atoms with Crippen LogP contribution in [0, 0.1) is 20.8 Å². The van der Waals surface area contributed by atoms with Crippen LogP contribution in [0.5, 0.6) is 5.75 Å². The molecule has 0 fully saturated rings. The number of carbonyl (C=O) groups excluding carboxylic acids is 1. The Morgan fingerprint density at radius 2 is 1.60 bits per heavy atom. The first-order valence-electron chi connectivity index (χ1n) is 9.73. The van der Waals surface area contributed by atoms with Crippen molar-refractivity contribution in [3.63, 3.8) is 0 Å². The molecule has 2 aromatic carbocycles. The summed E-state index contributed by atoms with van der Waals surface area (Å²) in [6.07, 6.45) is 2.92. The largest absolute Gasteiger partial charge is 0.494 e. The molecule has 0 saturated carbocycles. The summed E-state index contributed by atoms with van der Waals surface area (Å²) in [5, 5.41) is 2.84. The summed E-state index contributed by atoms with van der Waals surface area (Å²) in [4.78, 5) is 37.6. The van der Waals surface area contributed by atoms with E-state index in [9.17, 15) is 14.4 Å². The van der Waals surface area contributed by atoms with Crippen LogP contribution in [0.1, 0.15) is 23.6 Å². The van der Waals surface area contributed by atoms with Crippen molar-refractivity contribution in [2.75, 3.05) is 11.9 Å². The first-order chi connectivity index (χ1) is 14.3. The lowest BCUT2D eigenvalue weighted by Gasteiger charge is -2.14. The van der Waals surface area contributed by atoms with Gasteiger partial charge in [-0.1, -0.05) is 17.7 Å². The molecule has 1 amide bonds. The van der Waals surface area contributed by atoms with Gasteiger partial charge < -0.3 is 10.1 Å². The zero-order chi connectivity index (χ0) is 21.8. The predicted octanol–water partition coefficient (Wildman–Crippen LogP) is 2.96. The van der Waals surface area contributed by atoms with Crippen LogP contribution in [-0.4, -0.2) is 21.6 Å². The first-order valence-corrected chi connectivity index (χ1v) is 9.73. The number of rotatable bonds is 6. The fourth-order valence-corrected chi connectivity index (χ4v) is 3.42. The molecule has 0 aliphatic rings. The van der Waals surface area contributed by atoms with E-state index in [4.69, 9.17) is 4.74 Å². The lowest BCUT2D eigenvalue weighted by Crippen LogP contribution is -2.41. The molecule has 3 rings (SSSR count). The number of ether oxygens (including phenoxy) is 1. The number of aryl methyl sites for hydroxylation is 3. The summed E-state index contributed by atoms with van der Waals surface area (Å²) < 4.78 is 7.75. The Bertz CT molecular complexity index is 1170. The molecule has 0 aliphatic heterocycles.